The highest BCUT2D eigenvalue weighted by molar-refractivity contribution is 4.91. The van der Waals surface area contributed by atoms with Gasteiger partial charge >= 0.3 is 0 Å². The minimum atomic E-state index is 0.313. The van der Waals surface area contributed by atoms with Crippen molar-refractivity contribution in [1.82, 2.24) is 10.2 Å². The van der Waals surface area contributed by atoms with Crippen LogP contribution in [-0.2, 0) is 0 Å². The van der Waals surface area contributed by atoms with E-state index in [1.165, 1.54) is 64.3 Å². The average molecular weight is 282 g/mol. The summed E-state index contributed by atoms with van der Waals surface area (Å²) in [6.07, 6.45) is 12.4. The minimum Gasteiger partial charge on any atom is -0.395 e. The molecule has 0 unspecified atom stereocenters. The first-order chi connectivity index (χ1) is 9.79. The number of nitrogens with one attached hydrogen (secondary N) is 1. The van der Waals surface area contributed by atoms with Crippen LogP contribution in [0.25, 0.3) is 0 Å². The molecule has 2 rings (SSSR count). The van der Waals surface area contributed by atoms with E-state index in [0.29, 0.717) is 12.0 Å². The highest BCUT2D eigenvalue weighted by Gasteiger charge is 2.36. The van der Waals surface area contributed by atoms with Gasteiger partial charge in [0, 0.05) is 25.7 Å². The van der Waals surface area contributed by atoms with Crippen LogP contribution in [-0.4, -0.2) is 48.8 Å². The molecule has 0 aromatic rings. The average Bonchev–Trinajstić information content (AvgIpc) is 2.95. The Morgan fingerprint density at radius 3 is 2.40 bits per heavy atom. The number of hydrogen-bond donors (Lipinski definition) is 2. The van der Waals surface area contributed by atoms with E-state index >= 15 is 0 Å². The van der Waals surface area contributed by atoms with Crippen LogP contribution in [0.3, 0.4) is 0 Å². The molecule has 0 spiro atoms. The van der Waals surface area contributed by atoms with Crippen molar-refractivity contribution in [2.45, 2.75) is 70.8 Å². The second-order valence-corrected chi connectivity index (χ2v) is 6.97. The lowest BCUT2D eigenvalue weighted by molar-refractivity contribution is 0.0710. The van der Waals surface area contributed by atoms with Crippen molar-refractivity contribution < 1.29 is 5.11 Å². The van der Waals surface area contributed by atoms with Crippen LogP contribution in [0.5, 0.6) is 0 Å². The summed E-state index contributed by atoms with van der Waals surface area (Å²) in [4.78, 5) is 2.63. The highest BCUT2D eigenvalue weighted by atomic mass is 16.3. The quantitative estimate of drug-likeness (QED) is 0.718. The first kappa shape index (κ1) is 16.3. The van der Waals surface area contributed by atoms with E-state index in [9.17, 15) is 5.11 Å². The summed E-state index contributed by atoms with van der Waals surface area (Å²) in [6, 6.07) is 0.731. The fourth-order valence-corrected chi connectivity index (χ4v) is 4.30. The number of aliphatic hydroxyl groups is 1. The summed E-state index contributed by atoms with van der Waals surface area (Å²) in [5.74, 6) is 0. The zero-order valence-corrected chi connectivity index (χ0v) is 13.4. The molecule has 0 heterocycles. The van der Waals surface area contributed by atoms with E-state index < -0.39 is 0 Å². The van der Waals surface area contributed by atoms with Crippen molar-refractivity contribution in [3.05, 3.63) is 0 Å². The summed E-state index contributed by atoms with van der Waals surface area (Å²) in [5, 5.41) is 13.0. The predicted octanol–water partition coefficient (Wildman–Crippen LogP) is 2.78. The first-order valence-electron chi connectivity index (χ1n) is 8.85. The van der Waals surface area contributed by atoms with Crippen molar-refractivity contribution in [2.24, 2.45) is 5.41 Å². The minimum absolute atomic E-state index is 0.313. The zero-order valence-electron chi connectivity index (χ0n) is 13.4. The van der Waals surface area contributed by atoms with Gasteiger partial charge in [-0.25, -0.2) is 0 Å². The van der Waals surface area contributed by atoms with Gasteiger partial charge in [-0.15, -0.1) is 0 Å². The van der Waals surface area contributed by atoms with Crippen LogP contribution in [0.4, 0.5) is 0 Å². The van der Waals surface area contributed by atoms with Gasteiger partial charge in [0.2, 0.25) is 0 Å². The molecule has 2 saturated carbocycles. The Hall–Kier alpha value is -0.120. The van der Waals surface area contributed by atoms with Crippen molar-refractivity contribution in [3.8, 4) is 0 Å². The molecular weight excluding hydrogens is 248 g/mol. The molecule has 2 fully saturated rings. The number of hydrogen-bond acceptors (Lipinski definition) is 3. The molecule has 2 aliphatic carbocycles. The van der Waals surface area contributed by atoms with Crippen molar-refractivity contribution in [3.63, 3.8) is 0 Å². The Kier molecular flexibility index (Phi) is 6.79. The second kappa shape index (κ2) is 8.35. The van der Waals surface area contributed by atoms with Gasteiger partial charge in [0.1, 0.15) is 0 Å². The van der Waals surface area contributed by atoms with Gasteiger partial charge in [-0.05, 0) is 37.6 Å². The Bertz CT molecular complexity index is 258. The molecule has 20 heavy (non-hydrogen) atoms. The third-order valence-corrected chi connectivity index (χ3v) is 5.43. The summed E-state index contributed by atoms with van der Waals surface area (Å²) < 4.78 is 0. The SMILES string of the molecule is CCNCC1(CN(CCO)C2CCCCC2)CCCC1. The molecule has 0 aliphatic heterocycles. The van der Waals surface area contributed by atoms with Crippen LogP contribution in [0.1, 0.15) is 64.7 Å². The van der Waals surface area contributed by atoms with Crippen molar-refractivity contribution in [1.29, 1.82) is 0 Å². The molecule has 0 saturated heterocycles. The van der Waals surface area contributed by atoms with Gasteiger partial charge in [-0.2, -0.15) is 0 Å². The third-order valence-electron chi connectivity index (χ3n) is 5.43. The largest absolute Gasteiger partial charge is 0.395 e. The third kappa shape index (κ3) is 4.44. The maximum atomic E-state index is 9.44. The number of aliphatic hydroxyl groups excluding tert-OH is 1. The molecule has 0 bridgehead atoms. The predicted molar refractivity (Wildman–Crippen MR) is 85.0 cm³/mol. The fraction of sp³-hybridized carbons (Fsp3) is 1.00. The Labute approximate surface area is 125 Å². The van der Waals surface area contributed by atoms with Gasteiger partial charge in [0.05, 0.1) is 6.61 Å². The van der Waals surface area contributed by atoms with Gasteiger partial charge in [0.25, 0.3) is 0 Å². The van der Waals surface area contributed by atoms with E-state index in [0.717, 1.165) is 25.7 Å². The monoisotopic (exact) mass is 282 g/mol. The van der Waals surface area contributed by atoms with Gasteiger partial charge in [-0.3, -0.25) is 4.90 Å². The molecule has 0 radical (unpaired) electrons. The normalized spacial score (nSPS) is 23.6. The summed E-state index contributed by atoms with van der Waals surface area (Å²) in [5.41, 5.74) is 0.475. The Morgan fingerprint density at radius 2 is 1.80 bits per heavy atom. The molecule has 0 atom stereocenters. The van der Waals surface area contributed by atoms with Crippen LogP contribution in [0, 0.1) is 5.41 Å². The van der Waals surface area contributed by atoms with Crippen LogP contribution < -0.4 is 5.32 Å². The summed E-state index contributed by atoms with van der Waals surface area (Å²) >= 11 is 0. The molecule has 3 nitrogen and oxygen atoms in total. The van der Waals surface area contributed by atoms with Gasteiger partial charge in [-0.1, -0.05) is 39.0 Å². The van der Waals surface area contributed by atoms with Crippen molar-refractivity contribution in [2.75, 3.05) is 32.8 Å². The zero-order chi connectivity index (χ0) is 14.3. The van der Waals surface area contributed by atoms with E-state index in [-0.39, 0.29) is 0 Å². The molecule has 118 valence electrons. The molecule has 0 amide bonds. The summed E-state index contributed by atoms with van der Waals surface area (Å²) in [6.45, 7) is 6.83. The molecule has 2 N–H and O–H groups in total. The molecule has 3 heteroatoms. The molecule has 0 aromatic heterocycles. The van der Waals surface area contributed by atoms with Gasteiger partial charge in [0.15, 0.2) is 0 Å². The Morgan fingerprint density at radius 1 is 1.10 bits per heavy atom. The summed E-state index contributed by atoms with van der Waals surface area (Å²) in [7, 11) is 0. The molecule has 2 aliphatic rings. The maximum Gasteiger partial charge on any atom is 0.0558 e. The molecular formula is C17H34N2O. The van der Waals surface area contributed by atoms with E-state index in [4.69, 9.17) is 0 Å². The lowest BCUT2D eigenvalue weighted by Gasteiger charge is -2.41. The lowest BCUT2D eigenvalue weighted by Crippen LogP contribution is -2.48. The van der Waals surface area contributed by atoms with E-state index in [2.05, 4.69) is 17.1 Å². The number of rotatable bonds is 8. The van der Waals surface area contributed by atoms with Crippen molar-refractivity contribution >= 4 is 0 Å². The van der Waals surface area contributed by atoms with E-state index in [1.807, 2.05) is 0 Å². The highest BCUT2D eigenvalue weighted by Crippen LogP contribution is 2.39. The standard InChI is InChI=1S/C17H34N2O/c1-2-18-14-17(10-6-7-11-17)15-19(12-13-20)16-8-4-3-5-9-16/h16,18,20H,2-15H2,1H3. The molecule has 0 aromatic carbocycles. The van der Waals surface area contributed by atoms with Crippen LogP contribution in [0.15, 0.2) is 0 Å². The fourth-order valence-electron chi connectivity index (χ4n) is 4.30. The topological polar surface area (TPSA) is 35.5 Å². The first-order valence-corrected chi connectivity index (χ1v) is 8.85. The van der Waals surface area contributed by atoms with Crippen LogP contribution in [0.2, 0.25) is 0 Å². The lowest BCUT2D eigenvalue weighted by atomic mass is 9.83. The van der Waals surface area contributed by atoms with Gasteiger partial charge < -0.3 is 10.4 Å². The smallest absolute Gasteiger partial charge is 0.0558 e. The van der Waals surface area contributed by atoms with E-state index in [1.54, 1.807) is 0 Å². The maximum absolute atomic E-state index is 9.44. The Balaban J connectivity index is 1.96. The number of nitrogens with zero attached hydrogens (tertiary/aromatic N) is 1. The second-order valence-electron chi connectivity index (χ2n) is 6.97. The van der Waals surface area contributed by atoms with Crippen LogP contribution >= 0.6 is 0 Å².